The molecule has 3 aliphatic carbocycles. The van der Waals surface area contributed by atoms with E-state index < -0.39 is 0 Å². The van der Waals surface area contributed by atoms with Crippen LogP contribution in [0.4, 0.5) is 0 Å². The van der Waals surface area contributed by atoms with Crippen molar-refractivity contribution in [2.24, 2.45) is 29.6 Å². The van der Waals surface area contributed by atoms with E-state index >= 15 is 0 Å². The van der Waals surface area contributed by atoms with Crippen LogP contribution in [0.25, 0.3) is 0 Å². The standard InChI is InChI=1S/C14H17NOS/c1-7-6-17-11(15-7)5-10(16)14-12-8-2-3-9(4-8)13(12)14/h6,8-9,12-14H,2-5H2,1H3. The zero-order valence-corrected chi connectivity index (χ0v) is 10.9. The second-order valence-electron chi connectivity index (χ2n) is 6.04. The number of fused-ring (bicyclic) bond motifs is 5. The van der Waals surface area contributed by atoms with Crippen LogP contribution in [0.3, 0.4) is 0 Å². The third kappa shape index (κ3) is 1.44. The van der Waals surface area contributed by atoms with E-state index in [1.165, 1.54) is 19.3 Å². The van der Waals surface area contributed by atoms with Crippen LogP contribution in [0.1, 0.15) is 30.0 Å². The molecule has 0 aromatic carbocycles. The maximum atomic E-state index is 12.3. The molecule has 90 valence electrons. The van der Waals surface area contributed by atoms with Gasteiger partial charge in [-0.3, -0.25) is 4.79 Å². The van der Waals surface area contributed by atoms with Gasteiger partial charge in [0.15, 0.2) is 0 Å². The number of rotatable bonds is 3. The molecule has 4 unspecified atom stereocenters. The van der Waals surface area contributed by atoms with E-state index in [0.29, 0.717) is 18.1 Å². The predicted octanol–water partition coefficient (Wildman–Crippen LogP) is 2.86. The number of nitrogens with zero attached hydrogens (tertiary/aromatic N) is 1. The molecule has 1 aromatic rings. The zero-order chi connectivity index (χ0) is 11.6. The third-order valence-corrected chi connectivity index (χ3v) is 6.07. The number of hydrogen-bond acceptors (Lipinski definition) is 3. The van der Waals surface area contributed by atoms with Gasteiger partial charge >= 0.3 is 0 Å². The normalized spacial score (nSPS) is 41.6. The van der Waals surface area contributed by atoms with Crippen molar-refractivity contribution in [2.45, 2.75) is 32.6 Å². The highest BCUT2D eigenvalue weighted by Gasteiger charge is 2.66. The van der Waals surface area contributed by atoms with Crippen LogP contribution in [0.5, 0.6) is 0 Å². The molecule has 0 N–H and O–H groups in total. The van der Waals surface area contributed by atoms with E-state index in [9.17, 15) is 4.79 Å². The highest BCUT2D eigenvalue weighted by atomic mass is 32.1. The molecule has 17 heavy (non-hydrogen) atoms. The molecule has 3 fully saturated rings. The first-order chi connectivity index (χ1) is 8.24. The summed E-state index contributed by atoms with van der Waals surface area (Å²) in [6.45, 7) is 2.00. The first-order valence-electron chi connectivity index (χ1n) is 6.68. The molecular formula is C14H17NOS. The Labute approximate surface area is 105 Å². The fourth-order valence-electron chi connectivity index (χ4n) is 4.51. The molecule has 3 heteroatoms. The summed E-state index contributed by atoms with van der Waals surface area (Å²) in [5, 5.41) is 3.06. The van der Waals surface area contributed by atoms with Crippen LogP contribution >= 0.6 is 11.3 Å². The Morgan fingerprint density at radius 2 is 2.12 bits per heavy atom. The van der Waals surface area contributed by atoms with Gasteiger partial charge in [0.25, 0.3) is 0 Å². The summed E-state index contributed by atoms with van der Waals surface area (Å²) < 4.78 is 0. The first-order valence-corrected chi connectivity index (χ1v) is 7.55. The van der Waals surface area contributed by atoms with Gasteiger partial charge in [-0.15, -0.1) is 11.3 Å². The number of thiazole rings is 1. The average Bonchev–Trinajstić information content (AvgIpc) is 2.65. The number of carbonyl (C=O) groups is 1. The minimum Gasteiger partial charge on any atom is -0.299 e. The molecule has 0 radical (unpaired) electrons. The van der Waals surface area contributed by atoms with Gasteiger partial charge in [-0.2, -0.15) is 0 Å². The van der Waals surface area contributed by atoms with Gasteiger partial charge in [-0.05, 0) is 49.9 Å². The van der Waals surface area contributed by atoms with E-state index in [4.69, 9.17) is 0 Å². The monoisotopic (exact) mass is 247 g/mol. The van der Waals surface area contributed by atoms with Crippen molar-refractivity contribution in [3.63, 3.8) is 0 Å². The molecule has 4 rings (SSSR count). The van der Waals surface area contributed by atoms with Crippen molar-refractivity contribution in [3.05, 3.63) is 16.1 Å². The largest absolute Gasteiger partial charge is 0.299 e. The molecule has 0 saturated heterocycles. The van der Waals surface area contributed by atoms with Crippen molar-refractivity contribution >= 4 is 17.1 Å². The summed E-state index contributed by atoms with van der Waals surface area (Å²) in [6.07, 6.45) is 4.81. The summed E-state index contributed by atoms with van der Waals surface area (Å²) in [6, 6.07) is 0. The lowest BCUT2D eigenvalue weighted by molar-refractivity contribution is -0.120. The van der Waals surface area contributed by atoms with E-state index in [1.54, 1.807) is 11.3 Å². The lowest BCUT2D eigenvalue weighted by Gasteiger charge is -2.06. The summed E-state index contributed by atoms with van der Waals surface area (Å²) in [5.74, 6) is 4.26. The van der Waals surface area contributed by atoms with Crippen LogP contribution < -0.4 is 0 Å². The van der Waals surface area contributed by atoms with Crippen LogP contribution in [-0.2, 0) is 11.2 Å². The number of aryl methyl sites for hydroxylation is 1. The molecule has 1 heterocycles. The second kappa shape index (κ2) is 3.41. The minimum atomic E-state index is 0.422. The number of ketones is 1. The topological polar surface area (TPSA) is 30.0 Å². The summed E-state index contributed by atoms with van der Waals surface area (Å²) in [7, 11) is 0. The second-order valence-corrected chi connectivity index (χ2v) is 6.98. The lowest BCUT2D eigenvalue weighted by atomic mass is 9.99. The Morgan fingerprint density at radius 1 is 1.41 bits per heavy atom. The summed E-state index contributed by atoms with van der Waals surface area (Å²) in [4.78, 5) is 16.7. The van der Waals surface area contributed by atoms with E-state index in [0.717, 1.165) is 34.4 Å². The summed E-state index contributed by atoms with van der Waals surface area (Å²) >= 11 is 1.64. The molecule has 3 aliphatic rings. The van der Waals surface area contributed by atoms with Crippen LogP contribution in [0, 0.1) is 36.5 Å². The molecule has 4 atom stereocenters. The minimum absolute atomic E-state index is 0.422. The van der Waals surface area contributed by atoms with Crippen LogP contribution in [0.15, 0.2) is 5.38 Å². The fourth-order valence-corrected chi connectivity index (χ4v) is 5.29. The molecule has 0 spiro atoms. The molecule has 1 aromatic heterocycles. The summed E-state index contributed by atoms with van der Waals surface area (Å²) in [5.41, 5.74) is 1.05. The third-order valence-electron chi connectivity index (χ3n) is 5.10. The van der Waals surface area contributed by atoms with Crippen molar-refractivity contribution in [2.75, 3.05) is 0 Å². The van der Waals surface area contributed by atoms with Gasteiger partial charge in [0.1, 0.15) is 10.8 Å². The van der Waals surface area contributed by atoms with Crippen molar-refractivity contribution in [1.29, 1.82) is 0 Å². The molecule has 3 saturated carbocycles. The van der Waals surface area contributed by atoms with E-state index in [1.807, 2.05) is 12.3 Å². The molecule has 0 amide bonds. The molecule has 2 bridgehead atoms. The van der Waals surface area contributed by atoms with E-state index in [-0.39, 0.29) is 0 Å². The Bertz CT molecular complexity index is 464. The highest BCUT2D eigenvalue weighted by Crippen LogP contribution is 2.69. The van der Waals surface area contributed by atoms with Gasteiger partial charge in [0.05, 0.1) is 6.42 Å². The van der Waals surface area contributed by atoms with E-state index in [2.05, 4.69) is 4.98 Å². The van der Waals surface area contributed by atoms with Gasteiger partial charge in [-0.25, -0.2) is 4.98 Å². The number of carbonyl (C=O) groups excluding carboxylic acids is 1. The quantitative estimate of drug-likeness (QED) is 0.822. The lowest BCUT2D eigenvalue weighted by Crippen LogP contribution is -2.12. The Hall–Kier alpha value is -0.700. The Balaban J connectivity index is 1.46. The molecule has 0 aliphatic heterocycles. The smallest absolute Gasteiger partial charge is 0.143 e. The molecular weight excluding hydrogens is 230 g/mol. The fraction of sp³-hybridized carbons (Fsp3) is 0.714. The first kappa shape index (κ1) is 10.2. The predicted molar refractivity (Wildman–Crippen MR) is 66.9 cm³/mol. The SMILES string of the molecule is Cc1csc(CC(=O)C2C3C4CCC(C4)C23)n1. The number of Topliss-reactive ketones (excluding diaryl/α,β-unsaturated/α-hetero) is 1. The van der Waals surface area contributed by atoms with Crippen molar-refractivity contribution in [3.8, 4) is 0 Å². The van der Waals surface area contributed by atoms with Gasteiger partial charge in [0, 0.05) is 17.0 Å². The van der Waals surface area contributed by atoms with Gasteiger partial charge in [0.2, 0.25) is 0 Å². The van der Waals surface area contributed by atoms with Gasteiger partial charge < -0.3 is 0 Å². The van der Waals surface area contributed by atoms with Crippen molar-refractivity contribution < 1.29 is 4.79 Å². The number of aromatic nitrogens is 1. The highest BCUT2D eigenvalue weighted by molar-refractivity contribution is 7.09. The maximum absolute atomic E-state index is 12.3. The average molecular weight is 247 g/mol. The Kier molecular flexibility index (Phi) is 2.05. The van der Waals surface area contributed by atoms with Crippen LogP contribution in [-0.4, -0.2) is 10.8 Å². The number of hydrogen-bond donors (Lipinski definition) is 0. The van der Waals surface area contributed by atoms with Crippen LogP contribution in [0.2, 0.25) is 0 Å². The zero-order valence-electron chi connectivity index (χ0n) is 10.1. The maximum Gasteiger partial charge on any atom is 0.143 e. The van der Waals surface area contributed by atoms with Crippen molar-refractivity contribution in [1.82, 2.24) is 4.98 Å². The Morgan fingerprint density at radius 3 is 2.71 bits per heavy atom. The van der Waals surface area contributed by atoms with Gasteiger partial charge in [-0.1, -0.05) is 0 Å². The molecule has 2 nitrogen and oxygen atoms in total.